The highest BCUT2D eigenvalue weighted by Crippen LogP contribution is 2.34. The molecule has 1 aliphatic carbocycles. The lowest BCUT2D eigenvalue weighted by Gasteiger charge is -2.26. The number of sulfone groups is 1. The predicted octanol–water partition coefficient (Wildman–Crippen LogP) is 3.10. The Balaban J connectivity index is 1.56. The smallest absolute Gasteiger partial charge is 0.184 e. The molecule has 152 valence electrons. The lowest BCUT2D eigenvalue weighted by molar-refractivity contribution is -0.122. The van der Waals surface area contributed by atoms with Gasteiger partial charge >= 0.3 is 0 Å². The number of carbonyl (C=O) groups is 1. The summed E-state index contributed by atoms with van der Waals surface area (Å²) in [6.07, 6.45) is 8.48. The largest absolute Gasteiger partial charge is 0.381 e. The fourth-order valence-electron chi connectivity index (χ4n) is 3.54. The number of carbonyl (C=O) groups excluding carboxylic acids is 1. The standard InChI is InChI=1S/C18H22ClN3O4S2/c19-17-9-20-18(27-17)7-16(23)15(6-12-2-1-5-26-11-12)22-10-14(8-21-22)28(24,25)13-3-4-13/h8-10,12-13,15H,1-7,11H2. The molecule has 10 heteroatoms. The second-order valence-corrected chi connectivity index (χ2v) is 11.4. The first-order chi connectivity index (χ1) is 13.4. The zero-order chi connectivity index (χ0) is 19.7. The van der Waals surface area contributed by atoms with Crippen LogP contribution in [0.15, 0.2) is 23.5 Å². The van der Waals surface area contributed by atoms with Crippen LogP contribution in [0, 0.1) is 5.92 Å². The summed E-state index contributed by atoms with van der Waals surface area (Å²) in [5.41, 5.74) is 0. The molecule has 1 saturated carbocycles. The van der Waals surface area contributed by atoms with Gasteiger partial charge in [-0.1, -0.05) is 11.6 Å². The van der Waals surface area contributed by atoms with E-state index in [4.69, 9.17) is 16.3 Å². The van der Waals surface area contributed by atoms with Crippen molar-refractivity contribution in [1.29, 1.82) is 0 Å². The molecule has 0 radical (unpaired) electrons. The fraction of sp³-hybridized carbons (Fsp3) is 0.611. The van der Waals surface area contributed by atoms with E-state index in [-0.39, 0.29) is 28.3 Å². The van der Waals surface area contributed by atoms with Crippen molar-refractivity contribution in [1.82, 2.24) is 14.8 Å². The third kappa shape index (κ3) is 4.48. The van der Waals surface area contributed by atoms with Gasteiger partial charge in [0.05, 0.1) is 24.1 Å². The Labute approximate surface area is 173 Å². The average Bonchev–Trinajstić information content (AvgIpc) is 3.30. The van der Waals surface area contributed by atoms with Gasteiger partial charge in [-0.05, 0) is 38.0 Å². The quantitative estimate of drug-likeness (QED) is 0.622. The average molecular weight is 444 g/mol. The Morgan fingerprint density at radius 1 is 1.36 bits per heavy atom. The van der Waals surface area contributed by atoms with Gasteiger partial charge in [0.2, 0.25) is 0 Å². The summed E-state index contributed by atoms with van der Waals surface area (Å²) in [5.74, 6) is 0.199. The van der Waals surface area contributed by atoms with E-state index in [1.54, 1.807) is 0 Å². The van der Waals surface area contributed by atoms with E-state index < -0.39 is 15.9 Å². The first kappa shape index (κ1) is 20.0. The molecular formula is C18H22ClN3O4S2. The summed E-state index contributed by atoms with van der Waals surface area (Å²) >= 11 is 7.21. The minimum atomic E-state index is -3.34. The first-order valence-corrected chi connectivity index (χ1v) is 12.2. The van der Waals surface area contributed by atoms with Crippen molar-refractivity contribution in [2.75, 3.05) is 13.2 Å². The molecule has 2 aromatic rings. The predicted molar refractivity (Wildman–Crippen MR) is 105 cm³/mol. The van der Waals surface area contributed by atoms with E-state index in [1.165, 1.54) is 34.6 Å². The molecule has 4 rings (SSSR count). The summed E-state index contributed by atoms with van der Waals surface area (Å²) in [4.78, 5) is 17.4. The van der Waals surface area contributed by atoms with E-state index in [2.05, 4.69) is 10.1 Å². The van der Waals surface area contributed by atoms with Gasteiger partial charge in [-0.15, -0.1) is 11.3 Å². The van der Waals surface area contributed by atoms with Crippen molar-refractivity contribution in [3.63, 3.8) is 0 Å². The van der Waals surface area contributed by atoms with E-state index in [0.29, 0.717) is 35.2 Å². The lowest BCUT2D eigenvalue weighted by atomic mass is 9.92. The number of ether oxygens (including phenoxy) is 1. The molecule has 7 nitrogen and oxygen atoms in total. The molecule has 3 heterocycles. The van der Waals surface area contributed by atoms with Crippen LogP contribution in [0.4, 0.5) is 0 Å². The summed E-state index contributed by atoms with van der Waals surface area (Å²) < 4.78 is 32.6. The Hall–Kier alpha value is -1.29. The van der Waals surface area contributed by atoms with Crippen LogP contribution in [0.25, 0.3) is 0 Å². The molecule has 0 aromatic carbocycles. The lowest BCUT2D eigenvalue weighted by Crippen LogP contribution is -2.28. The summed E-state index contributed by atoms with van der Waals surface area (Å²) in [6, 6.07) is -0.544. The molecule has 2 aliphatic rings. The third-order valence-electron chi connectivity index (χ3n) is 5.22. The maximum Gasteiger partial charge on any atom is 0.184 e. The van der Waals surface area contributed by atoms with Crippen molar-refractivity contribution < 1.29 is 17.9 Å². The van der Waals surface area contributed by atoms with Crippen LogP contribution in [0.1, 0.15) is 43.2 Å². The molecular weight excluding hydrogens is 422 g/mol. The SMILES string of the molecule is O=C(Cc1ncc(Cl)s1)C(CC1CCCOC1)n1cc(S(=O)(=O)C2CC2)cn1. The summed E-state index contributed by atoms with van der Waals surface area (Å²) in [5, 5.41) is 4.61. The number of thiazole rings is 1. The van der Waals surface area contributed by atoms with E-state index in [1.807, 2.05) is 0 Å². The number of aromatic nitrogens is 3. The van der Waals surface area contributed by atoms with Crippen molar-refractivity contribution in [3.8, 4) is 0 Å². The zero-order valence-electron chi connectivity index (χ0n) is 15.3. The molecule has 0 amide bonds. The van der Waals surface area contributed by atoms with Crippen LogP contribution in [0.5, 0.6) is 0 Å². The Morgan fingerprint density at radius 3 is 2.82 bits per heavy atom. The number of ketones is 1. The van der Waals surface area contributed by atoms with Crippen LogP contribution in [0.2, 0.25) is 4.34 Å². The number of rotatable bonds is 8. The topological polar surface area (TPSA) is 91.1 Å². The fourth-order valence-corrected chi connectivity index (χ4v) is 6.10. The normalized spacial score (nSPS) is 21.5. The monoisotopic (exact) mass is 443 g/mol. The van der Waals surface area contributed by atoms with Gasteiger partial charge in [0, 0.05) is 19.4 Å². The molecule has 2 aromatic heterocycles. The van der Waals surface area contributed by atoms with Gasteiger partial charge in [-0.25, -0.2) is 13.4 Å². The van der Waals surface area contributed by atoms with Crippen LogP contribution in [-0.4, -0.2) is 47.4 Å². The van der Waals surface area contributed by atoms with Crippen molar-refractivity contribution in [3.05, 3.63) is 27.9 Å². The van der Waals surface area contributed by atoms with E-state index in [0.717, 1.165) is 19.4 Å². The molecule has 0 spiro atoms. The van der Waals surface area contributed by atoms with Gasteiger partial charge in [0.15, 0.2) is 15.6 Å². The number of halogens is 1. The number of nitrogens with zero attached hydrogens (tertiary/aromatic N) is 3. The Morgan fingerprint density at radius 2 is 2.18 bits per heavy atom. The van der Waals surface area contributed by atoms with E-state index in [9.17, 15) is 13.2 Å². The molecule has 0 bridgehead atoms. The summed E-state index contributed by atoms with van der Waals surface area (Å²) in [7, 11) is -3.34. The van der Waals surface area contributed by atoms with Gasteiger partial charge in [-0.2, -0.15) is 5.10 Å². The van der Waals surface area contributed by atoms with E-state index >= 15 is 0 Å². The van der Waals surface area contributed by atoms with Gasteiger partial charge < -0.3 is 4.74 Å². The minimum absolute atomic E-state index is 0.0462. The van der Waals surface area contributed by atoms with Gasteiger partial charge in [0.1, 0.15) is 20.3 Å². The Kier molecular flexibility index (Phi) is 5.87. The Bertz CT molecular complexity index is 946. The summed E-state index contributed by atoms with van der Waals surface area (Å²) in [6.45, 7) is 1.36. The maximum atomic E-state index is 13.1. The molecule has 1 saturated heterocycles. The second-order valence-electron chi connectivity index (χ2n) is 7.44. The molecule has 28 heavy (non-hydrogen) atoms. The van der Waals surface area contributed by atoms with Crippen LogP contribution in [0.3, 0.4) is 0 Å². The third-order valence-corrected chi connectivity index (χ3v) is 8.55. The van der Waals surface area contributed by atoms with Crippen molar-refractivity contribution >= 4 is 38.6 Å². The highest BCUT2D eigenvalue weighted by molar-refractivity contribution is 7.92. The van der Waals surface area contributed by atoms with Crippen LogP contribution < -0.4 is 0 Å². The van der Waals surface area contributed by atoms with Crippen molar-refractivity contribution in [2.24, 2.45) is 5.92 Å². The number of hydrogen-bond acceptors (Lipinski definition) is 7. The van der Waals surface area contributed by atoms with Gasteiger partial charge in [0.25, 0.3) is 0 Å². The highest BCUT2D eigenvalue weighted by Gasteiger charge is 2.38. The van der Waals surface area contributed by atoms with Crippen molar-refractivity contribution in [2.45, 2.75) is 54.7 Å². The molecule has 2 unspecified atom stereocenters. The molecule has 2 fully saturated rings. The zero-order valence-corrected chi connectivity index (χ0v) is 17.7. The van der Waals surface area contributed by atoms with Crippen LogP contribution in [-0.2, 0) is 25.8 Å². The number of hydrogen-bond donors (Lipinski definition) is 0. The molecule has 0 N–H and O–H groups in total. The first-order valence-electron chi connectivity index (χ1n) is 9.42. The highest BCUT2D eigenvalue weighted by atomic mass is 35.5. The van der Waals surface area contributed by atoms with Crippen LogP contribution >= 0.6 is 22.9 Å². The van der Waals surface area contributed by atoms with Gasteiger partial charge in [-0.3, -0.25) is 9.48 Å². The number of Topliss-reactive ketones (excluding diaryl/α,β-unsaturated/α-hetero) is 1. The second kappa shape index (κ2) is 8.22. The minimum Gasteiger partial charge on any atom is -0.381 e. The molecule has 2 atom stereocenters. The molecule has 1 aliphatic heterocycles. The maximum absolute atomic E-state index is 13.1.